The van der Waals surface area contributed by atoms with Crippen molar-refractivity contribution >= 4 is 28.9 Å². The molecule has 0 saturated carbocycles. The van der Waals surface area contributed by atoms with Gasteiger partial charge in [-0.15, -0.1) is 0 Å². The zero-order chi connectivity index (χ0) is 20.2. The highest BCUT2D eigenvalue weighted by Gasteiger charge is 2.04. The van der Waals surface area contributed by atoms with Crippen LogP contribution in [0.1, 0.15) is 39.5 Å². The quantitative estimate of drug-likeness (QED) is 0.493. The van der Waals surface area contributed by atoms with Crippen LogP contribution in [0.3, 0.4) is 0 Å². The van der Waals surface area contributed by atoms with Crippen molar-refractivity contribution in [2.45, 2.75) is 39.5 Å². The molecule has 0 aliphatic heterocycles. The van der Waals surface area contributed by atoms with E-state index in [0.29, 0.717) is 18.7 Å². The highest BCUT2D eigenvalue weighted by molar-refractivity contribution is 5.94. The molecule has 2 aromatic carbocycles. The normalized spacial score (nSPS) is 10.2. The summed E-state index contributed by atoms with van der Waals surface area (Å²) in [4.78, 5) is 23.7. The van der Waals surface area contributed by atoms with Crippen LogP contribution >= 0.6 is 0 Å². The number of ether oxygens (including phenoxy) is 1. The van der Waals surface area contributed by atoms with Crippen molar-refractivity contribution in [3.63, 3.8) is 0 Å². The van der Waals surface area contributed by atoms with Gasteiger partial charge in [-0.3, -0.25) is 9.59 Å². The van der Waals surface area contributed by atoms with Gasteiger partial charge in [0.05, 0.1) is 13.2 Å². The van der Waals surface area contributed by atoms with E-state index in [1.807, 2.05) is 31.2 Å². The lowest BCUT2D eigenvalue weighted by atomic mass is 10.2. The topological polar surface area (TPSA) is 79.5 Å². The van der Waals surface area contributed by atoms with Crippen LogP contribution in [-0.4, -0.2) is 25.0 Å². The Morgan fingerprint density at radius 3 is 1.93 bits per heavy atom. The molecule has 0 saturated heterocycles. The third-order valence-corrected chi connectivity index (χ3v) is 4.00. The summed E-state index contributed by atoms with van der Waals surface area (Å²) >= 11 is 0. The first kappa shape index (κ1) is 21.3. The van der Waals surface area contributed by atoms with Crippen LogP contribution in [0.15, 0.2) is 48.5 Å². The van der Waals surface area contributed by atoms with Gasteiger partial charge in [-0.2, -0.15) is 0 Å². The number of anilines is 3. The summed E-state index contributed by atoms with van der Waals surface area (Å²) in [6.07, 6.45) is 3.44. The van der Waals surface area contributed by atoms with E-state index in [0.717, 1.165) is 36.4 Å². The van der Waals surface area contributed by atoms with E-state index in [2.05, 4.69) is 22.9 Å². The maximum Gasteiger partial charge on any atom is 0.243 e. The first-order valence-electron chi connectivity index (χ1n) is 9.77. The molecule has 0 aliphatic carbocycles. The van der Waals surface area contributed by atoms with Crippen LogP contribution < -0.4 is 20.7 Å². The minimum Gasteiger partial charge on any atom is -0.494 e. The number of amides is 2. The molecule has 0 bridgehead atoms. The maximum atomic E-state index is 12.1. The molecule has 2 aromatic rings. The molecule has 0 unspecified atom stereocenters. The molecule has 2 rings (SSSR count). The third kappa shape index (κ3) is 7.70. The van der Waals surface area contributed by atoms with Gasteiger partial charge in [-0.25, -0.2) is 0 Å². The van der Waals surface area contributed by atoms with E-state index in [9.17, 15) is 9.59 Å². The summed E-state index contributed by atoms with van der Waals surface area (Å²) in [5.74, 6) is 0.672. The summed E-state index contributed by atoms with van der Waals surface area (Å²) in [5.41, 5.74) is 2.25. The van der Waals surface area contributed by atoms with Crippen LogP contribution in [0, 0.1) is 0 Å². The van der Waals surface area contributed by atoms with Crippen molar-refractivity contribution in [2.24, 2.45) is 0 Å². The van der Waals surface area contributed by atoms with Crippen molar-refractivity contribution in [3.8, 4) is 5.75 Å². The molecule has 6 heteroatoms. The van der Waals surface area contributed by atoms with E-state index < -0.39 is 0 Å². The average molecular weight is 383 g/mol. The molecule has 150 valence electrons. The maximum absolute atomic E-state index is 12.1. The lowest BCUT2D eigenvalue weighted by molar-refractivity contribution is -0.116. The largest absolute Gasteiger partial charge is 0.494 e. The van der Waals surface area contributed by atoms with Crippen LogP contribution in [0.4, 0.5) is 17.1 Å². The molecular formula is C22H29N3O3. The van der Waals surface area contributed by atoms with Gasteiger partial charge >= 0.3 is 0 Å². The Bertz CT molecular complexity index is 743. The van der Waals surface area contributed by atoms with Gasteiger partial charge in [-0.05, 0) is 61.4 Å². The van der Waals surface area contributed by atoms with Gasteiger partial charge in [0.2, 0.25) is 11.8 Å². The number of benzene rings is 2. The predicted octanol–water partition coefficient (Wildman–Crippen LogP) is 4.65. The minimum atomic E-state index is -0.147. The highest BCUT2D eigenvalue weighted by Crippen LogP contribution is 2.16. The fraction of sp³-hybridized carbons (Fsp3) is 0.364. The van der Waals surface area contributed by atoms with E-state index in [4.69, 9.17) is 4.74 Å². The summed E-state index contributed by atoms with van der Waals surface area (Å²) in [6.45, 7) is 4.96. The monoisotopic (exact) mass is 383 g/mol. The zero-order valence-electron chi connectivity index (χ0n) is 16.6. The molecule has 0 radical (unpaired) electrons. The molecule has 2 amide bonds. The van der Waals surface area contributed by atoms with Gasteiger partial charge < -0.3 is 20.7 Å². The summed E-state index contributed by atoms with van der Waals surface area (Å²) in [7, 11) is 0. The van der Waals surface area contributed by atoms with E-state index >= 15 is 0 Å². The molecule has 0 spiro atoms. The van der Waals surface area contributed by atoms with E-state index in [-0.39, 0.29) is 18.4 Å². The summed E-state index contributed by atoms with van der Waals surface area (Å²) in [6, 6.07) is 14.6. The van der Waals surface area contributed by atoms with Gasteiger partial charge in [0, 0.05) is 23.5 Å². The Labute approximate surface area is 166 Å². The summed E-state index contributed by atoms with van der Waals surface area (Å²) in [5, 5.41) is 8.73. The van der Waals surface area contributed by atoms with Crippen LogP contribution in [0.25, 0.3) is 0 Å². The molecular weight excluding hydrogens is 354 g/mol. The molecule has 0 atom stereocenters. The van der Waals surface area contributed by atoms with Gasteiger partial charge in [0.25, 0.3) is 0 Å². The Hall–Kier alpha value is -3.02. The second kappa shape index (κ2) is 11.6. The molecule has 0 fully saturated rings. The molecule has 28 heavy (non-hydrogen) atoms. The Balaban J connectivity index is 1.75. The van der Waals surface area contributed by atoms with Gasteiger partial charge in [-0.1, -0.05) is 20.3 Å². The van der Waals surface area contributed by atoms with E-state index in [1.54, 1.807) is 24.3 Å². The molecule has 6 nitrogen and oxygen atoms in total. The molecule has 0 aliphatic rings. The fourth-order valence-electron chi connectivity index (χ4n) is 2.48. The Kier molecular flexibility index (Phi) is 8.85. The van der Waals surface area contributed by atoms with Gasteiger partial charge in [0.15, 0.2) is 0 Å². The smallest absolute Gasteiger partial charge is 0.243 e. The first-order valence-corrected chi connectivity index (χ1v) is 9.77. The number of unbranched alkanes of at least 4 members (excludes halogenated alkanes) is 1. The van der Waals surface area contributed by atoms with E-state index in [1.165, 1.54) is 0 Å². The number of hydrogen-bond donors (Lipinski definition) is 3. The highest BCUT2D eigenvalue weighted by atomic mass is 16.5. The Morgan fingerprint density at radius 1 is 0.786 bits per heavy atom. The number of carbonyl (C=O) groups is 2. The second-order valence-corrected chi connectivity index (χ2v) is 6.50. The fourth-order valence-corrected chi connectivity index (χ4v) is 2.48. The van der Waals surface area contributed by atoms with Crippen LogP contribution in [0.2, 0.25) is 0 Å². The number of nitrogens with one attached hydrogen (secondary N) is 3. The van der Waals surface area contributed by atoms with Crippen LogP contribution in [0.5, 0.6) is 5.75 Å². The first-order chi connectivity index (χ1) is 13.6. The Morgan fingerprint density at radius 2 is 1.36 bits per heavy atom. The molecule has 0 heterocycles. The third-order valence-electron chi connectivity index (χ3n) is 4.00. The van der Waals surface area contributed by atoms with Crippen molar-refractivity contribution in [1.29, 1.82) is 0 Å². The van der Waals surface area contributed by atoms with Crippen molar-refractivity contribution in [1.82, 2.24) is 0 Å². The number of hydrogen-bond acceptors (Lipinski definition) is 4. The van der Waals surface area contributed by atoms with Crippen molar-refractivity contribution in [3.05, 3.63) is 48.5 Å². The van der Waals surface area contributed by atoms with Crippen LogP contribution in [-0.2, 0) is 9.59 Å². The number of rotatable bonds is 11. The standard InChI is InChI=1S/C22H29N3O3/c1-3-5-15-28-20-13-11-17(12-14-20)23-16-22(27)25-19-9-7-18(8-10-19)24-21(26)6-4-2/h7-14,23H,3-6,15-16H2,1-2H3,(H,24,26)(H,25,27). The van der Waals surface area contributed by atoms with Crippen molar-refractivity contribution in [2.75, 3.05) is 29.1 Å². The number of carbonyl (C=O) groups excluding carboxylic acids is 2. The predicted molar refractivity (Wildman–Crippen MR) is 114 cm³/mol. The van der Waals surface area contributed by atoms with Gasteiger partial charge in [0.1, 0.15) is 5.75 Å². The molecule has 3 N–H and O–H groups in total. The summed E-state index contributed by atoms with van der Waals surface area (Å²) < 4.78 is 5.62. The SMILES string of the molecule is CCCCOc1ccc(NCC(=O)Nc2ccc(NC(=O)CCC)cc2)cc1. The zero-order valence-corrected chi connectivity index (χ0v) is 16.6. The lowest BCUT2D eigenvalue weighted by Gasteiger charge is -2.10. The second-order valence-electron chi connectivity index (χ2n) is 6.50. The lowest BCUT2D eigenvalue weighted by Crippen LogP contribution is -2.21. The van der Waals surface area contributed by atoms with Crippen molar-refractivity contribution < 1.29 is 14.3 Å². The average Bonchev–Trinajstić information content (AvgIpc) is 2.69. The minimum absolute atomic E-state index is 0.00901. The molecule has 0 aromatic heterocycles.